The Morgan fingerprint density at radius 3 is 2.27 bits per heavy atom. The summed E-state index contributed by atoms with van der Waals surface area (Å²) in [5, 5.41) is 22.8. The lowest BCUT2D eigenvalue weighted by molar-refractivity contribution is -0.685. The number of nitro groups is 1. The van der Waals surface area contributed by atoms with E-state index in [0.29, 0.717) is 12.1 Å². The van der Waals surface area contributed by atoms with Crippen LogP contribution in [0, 0.1) is 16.2 Å². The topological polar surface area (TPSA) is 83.4 Å². The summed E-state index contributed by atoms with van der Waals surface area (Å²) in [5.41, 5.74) is -0.618. The first-order valence-electron chi connectivity index (χ1n) is 9.56. The van der Waals surface area contributed by atoms with E-state index in [4.69, 9.17) is 0 Å². The Kier molecular flexibility index (Phi) is 9.36. The van der Waals surface area contributed by atoms with Crippen molar-refractivity contribution in [2.75, 3.05) is 4.90 Å². The van der Waals surface area contributed by atoms with Crippen LogP contribution in [0.15, 0.2) is 42.7 Å². The van der Waals surface area contributed by atoms with Gasteiger partial charge in [0, 0.05) is 23.8 Å². The zero-order valence-electron chi connectivity index (χ0n) is 15.6. The second-order valence-electron chi connectivity index (χ2n) is 7.34. The number of fused-ring (bicyclic) bond motifs is 1. The van der Waals surface area contributed by atoms with Gasteiger partial charge in [-0.05, 0) is 37.8 Å². The van der Waals surface area contributed by atoms with Crippen molar-refractivity contribution in [2.45, 2.75) is 72.1 Å². The highest BCUT2D eigenvalue weighted by Gasteiger charge is 2.54. The van der Waals surface area contributed by atoms with Crippen LogP contribution in [-0.2, 0) is 12.3 Å². The van der Waals surface area contributed by atoms with Crippen LogP contribution in [0.25, 0.3) is 0 Å². The number of aliphatic hydroxyl groups is 1. The SMILES string of the molecule is C.C.O=[N+]([O-])c1ccc(C2(O)C[n+]3cccnc3N2[C]2CCCCCCC2)cc1.[Br-]. The van der Waals surface area contributed by atoms with E-state index in [9.17, 15) is 15.2 Å². The summed E-state index contributed by atoms with van der Waals surface area (Å²) in [6.07, 6.45) is 11.4. The molecule has 1 fully saturated rings. The van der Waals surface area contributed by atoms with Crippen molar-refractivity contribution in [3.8, 4) is 0 Å². The number of non-ortho nitro benzene ring substituents is 1. The van der Waals surface area contributed by atoms with Gasteiger partial charge in [-0.3, -0.25) is 10.1 Å². The molecular weight excluding hydrogens is 448 g/mol. The molecule has 0 amide bonds. The van der Waals surface area contributed by atoms with Crippen LogP contribution in [0.3, 0.4) is 0 Å². The molecule has 1 N–H and O–H groups in total. The Balaban J connectivity index is 0.00000150. The minimum atomic E-state index is -1.29. The van der Waals surface area contributed by atoms with Crippen LogP contribution >= 0.6 is 0 Å². The summed E-state index contributed by atoms with van der Waals surface area (Å²) in [5.74, 6) is 0.730. The number of anilines is 1. The molecule has 2 aromatic rings. The highest BCUT2D eigenvalue weighted by molar-refractivity contribution is 5.45. The molecule has 8 heteroatoms. The van der Waals surface area contributed by atoms with E-state index in [1.165, 1.54) is 37.4 Å². The van der Waals surface area contributed by atoms with E-state index < -0.39 is 10.6 Å². The molecule has 0 spiro atoms. The van der Waals surface area contributed by atoms with Gasteiger partial charge in [-0.2, -0.15) is 0 Å². The molecule has 165 valence electrons. The standard InChI is InChI=1S/C20H24N4O3.2CH4.BrH/c25-20(16-9-11-18(12-10-16)24(26)27)15-22-14-6-13-21-19(22)23(20)17-7-4-2-1-3-5-8-17;;;/h6,9-14,25H,1-5,7-8,15H2;2*1H4;1H/q+1;;;/p-1. The van der Waals surface area contributed by atoms with Gasteiger partial charge >= 0.3 is 5.95 Å². The van der Waals surface area contributed by atoms with Gasteiger partial charge in [0.15, 0.2) is 0 Å². The molecule has 1 radical (unpaired) electrons. The number of rotatable bonds is 3. The molecular formula is C22H32BrN4O3. The Labute approximate surface area is 189 Å². The number of aromatic nitrogens is 2. The van der Waals surface area contributed by atoms with E-state index >= 15 is 0 Å². The van der Waals surface area contributed by atoms with E-state index in [1.54, 1.807) is 18.3 Å². The lowest BCUT2D eigenvalue weighted by atomic mass is 9.92. The molecule has 1 aromatic heterocycles. The number of halogens is 1. The van der Waals surface area contributed by atoms with Crippen LogP contribution < -0.4 is 26.4 Å². The first kappa shape index (κ1) is 26.0. The molecule has 4 rings (SSSR count). The molecule has 0 bridgehead atoms. The highest BCUT2D eigenvalue weighted by atomic mass is 79.9. The maximum Gasteiger partial charge on any atom is 0.397 e. The summed E-state index contributed by atoms with van der Waals surface area (Å²) in [6, 6.07) is 9.26. The van der Waals surface area contributed by atoms with E-state index in [2.05, 4.69) is 4.98 Å². The normalized spacial score (nSPS) is 21.2. The predicted molar refractivity (Wildman–Crippen MR) is 113 cm³/mol. The third-order valence-electron chi connectivity index (χ3n) is 5.55. The summed E-state index contributed by atoms with van der Waals surface area (Å²) < 4.78 is 1.95. The second kappa shape index (κ2) is 10.8. The van der Waals surface area contributed by atoms with Gasteiger partial charge < -0.3 is 22.1 Å². The maximum atomic E-state index is 11.8. The van der Waals surface area contributed by atoms with Gasteiger partial charge in [0.05, 0.1) is 11.1 Å². The first-order chi connectivity index (χ1) is 13.1. The minimum absolute atomic E-state index is 0. The molecule has 1 aliphatic carbocycles. The lowest BCUT2D eigenvalue weighted by Gasteiger charge is -2.34. The zero-order chi connectivity index (χ0) is 18.9. The molecule has 1 atom stereocenters. The molecule has 2 aliphatic rings. The second-order valence-corrected chi connectivity index (χ2v) is 7.34. The Morgan fingerprint density at radius 1 is 1.07 bits per heavy atom. The lowest BCUT2D eigenvalue weighted by Crippen LogP contribution is -3.00. The van der Waals surface area contributed by atoms with Gasteiger partial charge in [0.2, 0.25) is 5.72 Å². The predicted octanol–water partition coefficient (Wildman–Crippen LogP) is 1.50. The average Bonchev–Trinajstić information content (AvgIpc) is 2.95. The van der Waals surface area contributed by atoms with Crippen molar-refractivity contribution < 1.29 is 31.6 Å². The van der Waals surface area contributed by atoms with Crippen molar-refractivity contribution in [3.05, 3.63) is 64.4 Å². The number of hydrogen-bond acceptors (Lipinski definition) is 5. The van der Waals surface area contributed by atoms with E-state index in [-0.39, 0.29) is 37.5 Å². The third-order valence-corrected chi connectivity index (χ3v) is 5.55. The monoisotopic (exact) mass is 479 g/mol. The largest absolute Gasteiger partial charge is 1.00 e. The first-order valence-corrected chi connectivity index (χ1v) is 9.56. The summed E-state index contributed by atoms with van der Waals surface area (Å²) in [6.45, 7) is 0.345. The van der Waals surface area contributed by atoms with Gasteiger partial charge in [-0.15, -0.1) is 0 Å². The smallest absolute Gasteiger partial charge is 0.397 e. The Morgan fingerprint density at radius 2 is 1.67 bits per heavy atom. The molecule has 7 nitrogen and oxygen atoms in total. The molecule has 2 heterocycles. The molecule has 0 saturated heterocycles. The summed E-state index contributed by atoms with van der Waals surface area (Å²) in [4.78, 5) is 17.1. The summed E-state index contributed by atoms with van der Waals surface area (Å²) in [7, 11) is 0. The van der Waals surface area contributed by atoms with Gasteiger partial charge in [-0.1, -0.05) is 39.1 Å². The fourth-order valence-corrected chi connectivity index (χ4v) is 4.19. The Bertz CT molecular complexity index is 825. The van der Waals surface area contributed by atoms with Crippen molar-refractivity contribution >= 4 is 11.6 Å². The van der Waals surface area contributed by atoms with Crippen LogP contribution in [0.5, 0.6) is 0 Å². The van der Waals surface area contributed by atoms with Gasteiger partial charge in [0.1, 0.15) is 18.8 Å². The molecule has 1 aliphatic heterocycles. The number of hydrogen-bond donors (Lipinski definition) is 1. The van der Waals surface area contributed by atoms with E-state index in [0.717, 1.165) is 31.6 Å². The van der Waals surface area contributed by atoms with Crippen molar-refractivity contribution in [1.82, 2.24) is 4.98 Å². The Hall–Kier alpha value is -2.06. The van der Waals surface area contributed by atoms with Crippen molar-refractivity contribution in [1.29, 1.82) is 0 Å². The zero-order valence-corrected chi connectivity index (χ0v) is 17.2. The fraction of sp³-hybridized carbons (Fsp3) is 0.500. The molecule has 1 unspecified atom stereocenters. The highest BCUT2D eigenvalue weighted by Crippen LogP contribution is 2.42. The third kappa shape index (κ3) is 4.81. The van der Waals surface area contributed by atoms with Crippen molar-refractivity contribution in [3.63, 3.8) is 0 Å². The van der Waals surface area contributed by atoms with Gasteiger partial charge in [-0.25, -0.2) is 9.47 Å². The van der Waals surface area contributed by atoms with Crippen LogP contribution in [0.4, 0.5) is 11.6 Å². The fourth-order valence-electron chi connectivity index (χ4n) is 4.19. The van der Waals surface area contributed by atoms with Crippen molar-refractivity contribution in [2.24, 2.45) is 0 Å². The number of nitrogens with zero attached hydrogens (tertiary/aromatic N) is 4. The van der Waals surface area contributed by atoms with Crippen LogP contribution in [0.1, 0.15) is 65.4 Å². The number of benzene rings is 1. The number of nitro benzene ring substituents is 1. The minimum Gasteiger partial charge on any atom is -1.00 e. The van der Waals surface area contributed by atoms with Crippen LogP contribution in [0.2, 0.25) is 0 Å². The van der Waals surface area contributed by atoms with Crippen LogP contribution in [-0.4, -0.2) is 15.0 Å². The quantitative estimate of drug-likeness (QED) is 0.409. The molecule has 1 aromatic carbocycles. The van der Waals surface area contributed by atoms with E-state index in [1.807, 2.05) is 21.7 Å². The average molecular weight is 480 g/mol. The molecule has 30 heavy (non-hydrogen) atoms. The van der Waals surface area contributed by atoms with Gasteiger partial charge in [0.25, 0.3) is 5.69 Å². The summed E-state index contributed by atoms with van der Waals surface area (Å²) >= 11 is 0. The molecule has 1 saturated carbocycles. The maximum absolute atomic E-state index is 11.8.